The number of aliphatic hydroxyl groups excluding tert-OH is 3. The molecule has 37 heavy (non-hydrogen) atoms. The summed E-state index contributed by atoms with van der Waals surface area (Å²) in [6.45, 7) is 0.823. The Kier molecular flexibility index (Phi) is 9.81. The van der Waals surface area contributed by atoms with Crippen molar-refractivity contribution in [1.82, 2.24) is 10.0 Å². The smallest absolute Gasteiger partial charge is 0.250 e. The number of nitrogens with one attached hydrogen (secondary N) is 2. The van der Waals surface area contributed by atoms with Gasteiger partial charge < -0.3 is 35.1 Å². The average Bonchev–Trinajstić information content (AvgIpc) is 2.86. The number of benzene rings is 2. The highest BCUT2D eigenvalue weighted by atomic mass is 32.2. The number of amides is 1. The molecule has 12 nitrogen and oxygen atoms in total. The van der Waals surface area contributed by atoms with E-state index < -0.39 is 53.2 Å². The first-order chi connectivity index (χ1) is 17.6. The van der Waals surface area contributed by atoms with Gasteiger partial charge in [0.2, 0.25) is 22.2 Å². The molecule has 2 aromatic carbocycles. The Morgan fingerprint density at radius 3 is 2.54 bits per heavy atom. The van der Waals surface area contributed by atoms with Crippen LogP contribution >= 0.6 is 0 Å². The number of oxime groups is 1. The van der Waals surface area contributed by atoms with E-state index in [9.17, 15) is 28.5 Å². The third-order valence-electron chi connectivity index (χ3n) is 5.92. The van der Waals surface area contributed by atoms with E-state index in [4.69, 9.17) is 9.57 Å². The third kappa shape index (κ3) is 6.94. The topological polar surface area (TPSA) is 170 Å². The van der Waals surface area contributed by atoms with Crippen LogP contribution in [0.2, 0.25) is 0 Å². The molecule has 3 rings (SSSR count). The Bertz CT molecular complexity index is 1210. The summed E-state index contributed by atoms with van der Waals surface area (Å²) in [4.78, 5) is 18.8. The van der Waals surface area contributed by atoms with Gasteiger partial charge in [0.05, 0.1) is 11.5 Å². The fourth-order valence-corrected chi connectivity index (χ4v) is 5.38. The molecule has 1 amide bonds. The summed E-state index contributed by atoms with van der Waals surface area (Å²) in [5, 5.41) is 37.3. The quantitative estimate of drug-likeness (QED) is 0.149. The van der Waals surface area contributed by atoms with E-state index >= 15 is 0 Å². The molecule has 2 aromatic rings. The van der Waals surface area contributed by atoms with Gasteiger partial charge in [0.1, 0.15) is 24.4 Å². The summed E-state index contributed by atoms with van der Waals surface area (Å²) in [5.41, 5.74) is 0.917. The maximum atomic E-state index is 13.0. The van der Waals surface area contributed by atoms with Gasteiger partial charge in [0.25, 0.3) is 0 Å². The molecule has 13 heteroatoms. The predicted octanol–water partition coefficient (Wildman–Crippen LogP) is -0.0896. The van der Waals surface area contributed by atoms with Crippen LogP contribution in [0.25, 0.3) is 10.8 Å². The molecule has 1 fully saturated rings. The summed E-state index contributed by atoms with van der Waals surface area (Å²) in [6.07, 6.45) is -3.04. The van der Waals surface area contributed by atoms with Crippen LogP contribution in [0, 0.1) is 0 Å². The molecule has 5 N–H and O–H groups in total. The SMILES string of the molecule is CC(=O)N[C@H]1[C@@H](O/N=C/CCCNS(=O)(=O)c2cccc3c(N(C)C)cccc23)O[C@H](CO)[C@H](O)[C@@H]1O. The number of fused-ring (bicyclic) bond motifs is 1. The number of rotatable bonds is 11. The molecule has 0 spiro atoms. The molecule has 1 saturated heterocycles. The van der Waals surface area contributed by atoms with Gasteiger partial charge in [-0.1, -0.05) is 29.4 Å². The number of aliphatic hydroxyl groups is 3. The monoisotopic (exact) mass is 538 g/mol. The number of sulfonamides is 1. The molecule has 1 aliphatic heterocycles. The molecule has 0 radical (unpaired) electrons. The van der Waals surface area contributed by atoms with Gasteiger partial charge in [-0.25, -0.2) is 13.1 Å². The van der Waals surface area contributed by atoms with Crippen molar-refractivity contribution in [3.63, 3.8) is 0 Å². The van der Waals surface area contributed by atoms with Crippen LogP contribution in [-0.2, 0) is 24.4 Å². The summed E-state index contributed by atoms with van der Waals surface area (Å²) in [6, 6.07) is 9.59. The number of unbranched alkanes of at least 4 members (excludes halogenated alkanes) is 1. The molecular weight excluding hydrogens is 504 g/mol. The van der Waals surface area contributed by atoms with Gasteiger partial charge in [-0.05, 0) is 25.0 Å². The molecule has 204 valence electrons. The van der Waals surface area contributed by atoms with Gasteiger partial charge in [-0.2, -0.15) is 0 Å². The lowest BCUT2D eigenvalue weighted by Gasteiger charge is -2.40. The van der Waals surface area contributed by atoms with Gasteiger partial charge in [0, 0.05) is 50.2 Å². The minimum absolute atomic E-state index is 0.157. The standard InChI is InChI=1S/C24H34N4O8S/c1-15(30)27-21-23(32)22(31)19(14-29)35-24(21)36-25-12-4-5-13-26-37(33,34)20-11-7-8-16-17(20)9-6-10-18(16)28(2)3/h6-12,19,21-24,26,29,31-32H,4-5,13-14H2,1-3H3,(H,27,30)/b25-12+/t19-,21-,22+,23-,24-/m1/s1. The Morgan fingerprint density at radius 2 is 1.86 bits per heavy atom. The second-order valence-electron chi connectivity index (χ2n) is 8.89. The highest BCUT2D eigenvalue weighted by molar-refractivity contribution is 7.89. The molecule has 1 heterocycles. The number of hydrogen-bond acceptors (Lipinski definition) is 10. The van der Waals surface area contributed by atoms with Crippen molar-refractivity contribution in [3.05, 3.63) is 36.4 Å². The minimum atomic E-state index is -3.76. The number of carbonyl (C=O) groups excluding carboxylic acids is 1. The summed E-state index contributed by atoms with van der Waals surface area (Å²) < 4.78 is 33.9. The zero-order valence-corrected chi connectivity index (χ0v) is 21.8. The highest BCUT2D eigenvalue weighted by Gasteiger charge is 2.46. The minimum Gasteiger partial charge on any atom is -0.394 e. The number of ether oxygens (including phenoxy) is 1. The van der Waals surface area contributed by atoms with E-state index in [0.717, 1.165) is 11.1 Å². The zero-order chi connectivity index (χ0) is 27.2. The summed E-state index contributed by atoms with van der Waals surface area (Å²) in [7, 11) is 0.0401. The van der Waals surface area contributed by atoms with E-state index in [1.54, 1.807) is 18.2 Å². The highest BCUT2D eigenvalue weighted by Crippen LogP contribution is 2.30. The van der Waals surface area contributed by atoms with E-state index in [-0.39, 0.29) is 11.4 Å². The first-order valence-electron chi connectivity index (χ1n) is 11.8. The van der Waals surface area contributed by atoms with Gasteiger partial charge in [-0.3, -0.25) is 4.79 Å². The second-order valence-corrected chi connectivity index (χ2v) is 10.6. The van der Waals surface area contributed by atoms with Crippen molar-refractivity contribution in [1.29, 1.82) is 0 Å². The number of nitrogens with zero attached hydrogens (tertiary/aromatic N) is 2. The van der Waals surface area contributed by atoms with Crippen LogP contribution < -0.4 is 14.9 Å². The number of anilines is 1. The molecular formula is C24H34N4O8S. The van der Waals surface area contributed by atoms with Crippen LogP contribution in [0.3, 0.4) is 0 Å². The normalized spacial score (nSPS) is 24.3. The van der Waals surface area contributed by atoms with Crippen molar-refractivity contribution in [2.45, 2.75) is 55.3 Å². The molecule has 0 saturated carbocycles. The Balaban J connectivity index is 1.55. The fraction of sp³-hybridized carbons (Fsp3) is 0.500. The fourth-order valence-electron chi connectivity index (χ4n) is 4.08. The number of carbonyl (C=O) groups is 1. The number of hydrogen-bond donors (Lipinski definition) is 5. The van der Waals surface area contributed by atoms with Gasteiger partial charge >= 0.3 is 0 Å². The Morgan fingerprint density at radius 1 is 1.16 bits per heavy atom. The lowest BCUT2D eigenvalue weighted by Crippen LogP contribution is -2.64. The van der Waals surface area contributed by atoms with E-state index in [2.05, 4.69) is 15.2 Å². The average molecular weight is 539 g/mol. The lowest BCUT2D eigenvalue weighted by atomic mass is 9.97. The largest absolute Gasteiger partial charge is 0.394 e. The molecule has 0 unspecified atom stereocenters. The van der Waals surface area contributed by atoms with Gasteiger partial charge in [0.15, 0.2) is 0 Å². The van der Waals surface area contributed by atoms with Crippen molar-refractivity contribution in [2.24, 2.45) is 5.16 Å². The van der Waals surface area contributed by atoms with E-state index in [0.29, 0.717) is 18.2 Å². The van der Waals surface area contributed by atoms with Crippen LogP contribution in [0.5, 0.6) is 0 Å². The summed E-state index contributed by atoms with van der Waals surface area (Å²) >= 11 is 0. The van der Waals surface area contributed by atoms with Crippen molar-refractivity contribution in [2.75, 3.05) is 32.1 Å². The van der Waals surface area contributed by atoms with Crippen LogP contribution in [0.1, 0.15) is 19.8 Å². The van der Waals surface area contributed by atoms with E-state index in [1.165, 1.54) is 13.1 Å². The second kappa shape index (κ2) is 12.6. The summed E-state index contributed by atoms with van der Waals surface area (Å²) in [5.74, 6) is -0.476. The van der Waals surface area contributed by atoms with Crippen molar-refractivity contribution in [3.8, 4) is 0 Å². The molecule has 0 aliphatic carbocycles. The molecule has 0 bridgehead atoms. The van der Waals surface area contributed by atoms with Crippen molar-refractivity contribution >= 4 is 38.6 Å². The zero-order valence-electron chi connectivity index (χ0n) is 20.9. The maximum absolute atomic E-state index is 13.0. The Labute approximate surface area is 215 Å². The predicted molar refractivity (Wildman–Crippen MR) is 138 cm³/mol. The van der Waals surface area contributed by atoms with Crippen molar-refractivity contribution < 1.29 is 38.1 Å². The Hall–Kier alpha value is -2.81. The lowest BCUT2D eigenvalue weighted by molar-refractivity contribution is -0.270. The molecule has 5 atom stereocenters. The van der Waals surface area contributed by atoms with Crippen LogP contribution in [0.15, 0.2) is 46.4 Å². The third-order valence-corrected chi connectivity index (χ3v) is 7.44. The van der Waals surface area contributed by atoms with Crippen LogP contribution in [0.4, 0.5) is 5.69 Å². The van der Waals surface area contributed by atoms with Crippen LogP contribution in [-0.4, -0.2) is 93.7 Å². The first-order valence-corrected chi connectivity index (χ1v) is 13.3. The molecule has 0 aromatic heterocycles. The van der Waals surface area contributed by atoms with Gasteiger partial charge in [-0.15, -0.1) is 0 Å². The molecule has 1 aliphatic rings. The maximum Gasteiger partial charge on any atom is 0.250 e. The first kappa shape index (κ1) is 28.8. The van der Waals surface area contributed by atoms with E-state index in [1.807, 2.05) is 37.2 Å².